The first-order valence-electron chi connectivity index (χ1n) is 9.41. The molecule has 32 heavy (non-hydrogen) atoms. The van der Waals surface area contributed by atoms with Gasteiger partial charge in [0.25, 0.3) is 15.9 Å². The van der Waals surface area contributed by atoms with E-state index in [0.29, 0.717) is 27.9 Å². The minimum atomic E-state index is -3.77. The van der Waals surface area contributed by atoms with E-state index >= 15 is 0 Å². The van der Waals surface area contributed by atoms with Gasteiger partial charge in [-0.3, -0.25) is 14.8 Å². The van der Waals surface area contributed by atoms with Crippen molar-refractivity contribution in [2.75, 3.05) is 24.3 Å². The maximum Gasteiger partial charge on any atom is 0.261 e. The molecule has 2 N–H and O–H groups in total. The van der Waals surface area contributed by atoms with Gasteiger partial charge in [0.2, 0.25) is 0 Å². The number of hydrogen-bond donors (Lipinski definition) is 2. The van der Waals surface area contributed by atoms with Gasteiger partial charge in [0.05, 0.1) is 29.3 Å². The highest BCUT2D eigenvalue weighted by molar-refractivity contribution is 7.92. The molecule has 0 aliphatic carbocycles. The van der Waals surface area contributed by atoms with E-state index < -0.39 is 10.0 Å². The van der Waals surface area contributed by atoms with Crippen LogP contribution in [0.4, 0.5) is 10.8 Å². The fraction of sp³-hybridized carbons (Fsp3) is 0.0909. The van der Waals surface area contributed by atoms with Crippen LogP contribution in [0.25, 0.3) is 10.2 Å². The molecule has 1 heterocycles. The first kappa shape index (κ1) is 21.6. The Hall–Kier alpha value is -3.63. The van der Waals surface area contributed by atoms with Gasteiger partial charge in [0.1, 0.15) is 11.5 Å². The molecule has 0 aliphatic heterocycles. The summed E-state index contributed by atoms with van der Waals surface area (Å²) in [6.45, 7) is 0. The number of fused-ring (bicyclic) bond motifs is 1. The van der Waals surface area contributed by atoms with E-state index in [0.717, 1.165) is 10.2 Å². The van der Waals surface area contributed by atoms with Gasteiger partial charge < -0.3 is 9.47 Å². The van der Waals surface area contributed by atoms with Crippen LogP contribution >= 0.6 is 11.3 Å². The Morgan fingerprint density at radius 1 is 0.906 bits per heavy atom. The Kier molecular flexibility index (Phi) is 5.97. The Bertz CT molecular complexity index is 1370. The van der Waals surface area contributed by atoms with E-state index in [1.54, 1.807) is 25.3 Å². The third-order valence-electron chi connectivity index (χ3n) is 4.59. The van der Waals surface area contributed by atoms with E-state index in [1.165, 1.54) is 54.8 Å². The first-order chi connectivity index (χ1) is 15.4. The number of thiazole rings is 1. The van der Waals surface area contributed by atoms with Gasteiger partial charge in [-0.1, -0.05) is 11.3 Å². The van der Waals surface area contributed by atoms with Crippen LogP contribution in [0.5, 0.6) is 11.5 Å². The van der Waals surface area contributed by atoms with Crippen LogP contribution in [0.3, 0.4) is 0 Å². The summed E-state index contributed by atoms with van der Waals surface area (Å²) in [7, 11) is -0.669. The summed E-state index contributed by atoms with van der Waals surface area (Å²) < 4.78 is 38.7. The second-order valence-electron chi connectivity index (χ2n) is 6.67. The van der Waals surface area contributed by atoms with Crippen LogP contribution in [0.2, 0.25) is 0 Å². The van der Waals surface area contributed by atoms with Crippen molar-refractivity contribution in [2.24, 2.45) is 0 Å². The van der Waals surface area contributed by atoms with Gasteiger partial charge in [0.15, 0.2) is 5.13 Å². The van der Waals surface area contributed by atoms with Crippen molar-refractivity contribution in [3.63, 3.8) is 0 Å². The Morgan fingerprint density at radius 2 is 1.56 bits per heavy atom. The van der Waals surface area contributed by atoms with Gasteiger partial charge >= 0.3 is 0 Å². The molecule has 0 saturated carbocycles. The summed E-state index contributed by atoms with van der Waals surface area (Å²) in [4.78, 5) is 17.1. The van der Waals surface area contributed by atoms with Crippen LogP contribution in [0.15, 0.2) is 71.6 Å². The molecule has 0 saturated heterocycles. The highest BCUT2D eigenvalue weighted by atomic mass is 32.2. The van der Waals surface area contributed by atoms with Crippen molar-refractivity contribution in [2.45, 2.75) is 4.90 Å². The number of carbonyl (C=O) groups excluding carboxylic acids is 1. The van der Waals surface area contributed by atoms with Gasteiger partial charge in [-0.05, 0) is 66.7 Å². The molecule has 0 atom stereocenters. The molecule has 0 aliphatic rings. The summed E-state index contributed by atoms with van der Waals surface area (Å²) in [5.74, 6) is 0.930. The van der Waals surface area contributed by atoms with E-state index in [9.17, 15) is 13.2 Å². The van der Waals surface area contributed by atoms with Gasteiger partial charge in [-0.15, -0.1) is 0 Å². The van der Waals surface area contributed by atoms with Crippen LogP contribution in [0.1, 0.15) is 10.4 Å². The van der Waals surface area contributed by atoms with E-state index in [4.69, 9.17) is 9.47 Å². The zero-order valence-electron chi connectivity index (χ0n) is 17.2. The third kappa shape index (κ3) is 4.66. The molecule has 4 rings (SSSR count). The minimum absolute atomic E-state index is 0.104. The molecule has 0 bridgehead atoms. The number of amides is 1. The molecule has 8 nitrogen and oxygen atoms in total. The lowest BCUT2D eigenvalue weighted by molar-refractivity contribution is 0.102. The monoisotopic (exact) mass is 469 g/mol. The van der Waals surface area contributed by atoms with Crippen molar-refractivity contribution in [1.82, 2.24) is 4.98 Å². The van der Waals surface area contributed by atoms with Gasteiger partial charge in [0, 0.05) is 11.3 Å². The number of benzene rings is 3. The van der Waals surface area contributed by atoms with E-state index in [-0.39, 0.29) is 10.8 Å². The molecule has 1 amide bonds. The molecule has 3 aromatic carbocycles. The number of sulfonamides is 1. The maximum absolute atomic E-state index is 12.6. The molecule has 0 radical (unpaired) electrons. The summed E-state index contributed by atoms with van der Waals surface area (Å²) >= 11 is 1.34. The molecule has 10 heteroatoms. The number of carbonyl (C=O) groups is 1. The fourth-order valence-corrected chi connectivity index (χ4v) is 4.86. The smallest absolute Gasteiger partial charge is 0.261 e. The van der Waals surface area contributed by atoms with Crippen molar-refractivity contribution in [3.8, 4) is 11.5 Å². The standard InChI is InChI=1S/C22H19N3O5S2/c1-29-16-7-10-18(11-8-16)32(27,28)25-15-5-3-14(4-6-15)21(26)24-22-23-19-12-9-17(30-2)13-20(19)31-22/h3-13,25H,1-2H3,(H,23,24,26). The van der Waals surface area contributed by atoms with Crippen LogP contribution in [-0.2, 0) is 10.0 Å². The predicted octanol–water partition coefficient (Wildman–Crippen LogP) is 4.37. The lowest BCUT2D eigenvalue weighted by atomic mass is 10.2. The molecule has 0 unspecified atom stereocenters. The minimum Gasteiger partial charge on any atom is -0.497 e. The first-order valence-corrected chi connectivity index (χ1v) is 11.7. The average Bonchev–Trinajstić information content (AvgIpc) is 3.20. The summed E-state index contributed by atoms with van der Waals surface area (Å²) in [6.07, 6.45) is 0. The number of ether oxygens (including phenoxy) is 2. The van der Waals surface area contributed by atoms with Crippen LogP contribution in [-0.4, -0.2) is 33.5 Å². The Morgan fingerprint density at radius 3 is 2.22 bits per heavy atom. The number of hydrogen-bond acceptors (Lipinski definition) is 7. The van der Waals surface area contributed by atoms with Gasteiger partial charge in [-0.25, -0.2) is 13.4 Å². The molecule has 164 valence electrons. The Labute approximate surface area is 188 Å². The molecular weight excluding hydrogens is 450 g/mol. The van der Waals surface area contributed by atoms with Crippen molar-refractivity contribution < 1.29 is 22.7 Å². The number of aromatic nitrogens is 1. The SMILES string of the molecule is COc1ccc(S(=O)(=O)Nc2ccc(C(=O)Nc3nc4ccc(OC)cc4s3)cc2)cc1. The number of methoxy groups -OCH3 is 2. The van der Waals surface area contributed by atoms with Crippen molar-refractivity contribution >= 4 is 48.3 Å². The van der Waals surface area contributed by atoms with E-state index in [2.05, 4.69) is 15.0 Å². The molecule has 0 spiro atoms. The number of nitrogens with one attached hydrogen (secondary N) is 2. The molecular formula is C22H19N3O5S2. The largest absolute Gasteiger partial charge is 0.497 e. The Balaban J connectivity index is 1.45. The highest BCUT2D eigenvalue weighted by Gasteiger charge is 2.15. The third-order valence-corrected chi connectivity index (χ3v) is 6.92. The number of anilines is 2. The lowest BCUT2D eigenvalue weighted by Gasteiger charge is -2.09. The summed E-state index contributed by atoms with van der Waals surface area (Å²) in [5.41, 5.74) is 1.47. The lowest BCUT2D eigenvalue weighted by Crippen LogP contribution is -2.14. The predicted molar refractivity (Wildman–Crippen MR) is 124 cm³/mol. The molecule has 4 aromatic rings. The summed E-state index contributed by atoms with van der Waals surface area (Å²) in [5, 5.41) is 3.23. The molecule has 0 fully saturated rings. The zero-order valence-corrected chi connectivity index (χ0v) is 18.8. The maximum atomic E-state index is 12.6. The quantitative estimate of drug-likeness (QED) is 0.416. The zero-order chi connectivity index (χ0) is 22.7. The van der Waals surface area contributed by atoms with Crippen LogP contribution < -0.4 is 19.5 Å². The normalized spacial score (nSPS) is 11.2. The second-order valence-corrected chi connectivity index (χ2v) is 9.38. The molecule has 1 aromatic heterocycles. The highest BCUT2D eigenvalue weighted by Crippen LogP contribution is 2.29. The van der Waals surface area contributed by atoms with Crippen LogP contribution in [0, 0.1) is 0 Å². The topological polar surface area (TPSA) is 107 Å². The summed E-state index contributed by atoms with van der Waals surface area (Å²) in [6, 6.07) is 17.7. The average molecular weight is 470 g/mol. The fourth-order valence-electron chi connectivity index (χ4n) is 2.91. The second kappa shape index (κ2) is 8.85. The number of rotatable bonds is 7. The van der Waals surface area contributed by atoms with Crippen molar-refractivity contribution in [3.05, 3.63) is 72.3 Å². The van der Waals surface area contributed by atoms with Crippen molar-refractivity contribution in [1.29, 1.82) is 0 Å². The van der Waals surface area contributed by atoms with E-state index in [1.807, 2.05) is 12.1 Å². The van der Waals surface area contributed by atoms with Gasteiger partial charge in [-0.2, -0.15) is 0 Å². The number of nitrogens with zero attached hydrogens (tertiary/aromatic N) is 1.